The number of carbonyl (C=O) groups excluding carboxylic acids is 2. The molecule has 23 heavy (non-hydrogen) atoms. The van der Waals surface area contributed by atoms with Crippen molar-refractivity contribution in [2.24, 2.45) is 0 Å². The van der Waals surface area contributed by atoms with Crippen molar-refractivity contribution in [2.75, 3.05) is 11.9 Å². The first-order valence-electron chi connectivity index (χ1n) is 7.04. The third-order valence-electron chi connectivity index (χ3n) is 3.43. The van der Waals surface area contributed by atoms with Crippen LogP contribution in [0.4, 0.5) is 5.69 Å². The Balaban J connectivity index is 1.95. The van der Waals surface area contributed by atoms with Gasteiger partial charge in [0.15, 0.2) is 6.61 Å². The zero-order valence-corrected chi connectivity index (χ0v) is 12.9. The summed E-state index contributed by atoms with van der Waals surface area (Å²) in [5.74, 6) is -0.995. The average molecular weight is 308 g/mol. The summed E-state index contributed by atoms with van der Waals surface area (Å²) < 4.78 is 5.04. The quantitative estimate of drug-likeness (QED) is 0.881. The number of rotatable bonds is 4. The molecule has 0 bridgehead atoms. The van der Waals surface area contributed by atoms with E-state index in [0.717, 1.165) is 11.1 Å². The van der Waals surface area contributed by atoms with Gasteiger partial charge in [0, 0.05) is 5.69 Å². The van der Waals surface area contributed by atoms with Crippen LogP contribution in [0.5, 0.6) is 0 Å². The van der Waals surface area contributed by atoms with Gasteiger partial charge in [0.2, 0.25) is 0 Å². The highest BCUT2D eigenvalue weighted by molar-refractivity contribution is 5.96. The maximum Gasteiger partial charge on any atom is 0.338 e. The number of nitrogens with one attached hydrogen (secondary N) is 1. The predicted molar refractivity (Wildman–Crippen MR) is 86.0 cm³/mol. The zero-order valence-electron chi connectivity index (χ0n) is 12.9. The van der Waals surface area contributed by atoms with Crippen molar-refractivity contribution < 1.29 is 14.3 Å². The summed E-state index contributed by atoms with van der Waals surface area (Å²) in [5, 5.41) is 11.4. The predicted octanol–water partition coefficient (Wildman–Crippen LogP) is 2.97. The average Bonchev–Trinajstić information content (AvgIpc) is 2.55. The lowest BCUT2D eigenvalue weighted by atomic mass is 10.0. The van der Waals surface area contributed by atoms with E-state index in [1.165, 1.54) is 0 Å². The molecule has 5 heteroatoms. The van der Waals surface area contributed by atoms with E-state index in [1.807, 2.05) is 26.0 Å². The van der Waals surface area contributed by atoms with Crippen molar-refractivity contribution >= 4 is 17.6 Å². The van der Waals surface area contributed by atoms with Gasteiger partial charge < -0.3 is 10.1 Å². The first kappa shape index (κ1) is 16.2. The second-order valence-electron chi connectivity index (χ2n) is 5.06. The van der Waals surface area contributed by atoms with Crippen molar-refractivity contribution in [1.29, 1.82) is 5.26 Å². The lowest BCUT2D eigenvalue weighted by Gasteiger charge is -2.09. The summed E-state index contributed by atoms with van der Waals surface area (Å²) in [7, 11) is 0. The van der Waals surface area contributed by atoms with Gasteiger partial charge in [0.1, 0.15) is 0 Å². The van der Waals surface area contributed by atoms with Gasteiger partial charge in [0.05, 0.1) is 17.2 Å². The minimum absolute atomic E-state index is 0.386. The fraction of sp³-hybridized carbons (Fsp3) is 0.167. The van der Waals surface area contributed by atoms with Crippen molar-refractivity contribution in [3.63, 3.8) is 0 Å². The van der Waals surface area contributed by atoms with Crippen LogP contribution in [0.25, 0.3) is 0 Å². The molecule has 0 fully saturated rings. The summed E-state index contributed by atoms with van der Waals surface area (Å²) in [6, 6.07) is 13.8. The van der Waals surface area contributed by atoms with Gasteiger partial charge in [0.25, 0.3) is 5.91 Å². The first-order chi connectivity index (χ1) is 11.0. The number of hydrogen-bond acceptors (Lipinski definition) is 4. The number of nitriles is 1. The number of amides is 1. The van der Waals surface area contributed by atoms with Gasteiger partial charge >= 0.3 is 5.97 Å². The summed E-state index contributed by atoms with van der Waals surface area (Å²) in [6.07, 6.45) is 0. The number of anilines is 1. The monoisotopic (exact) mass is 308 g/mol. The van der Waals surface area contributed by atoms with E-state index in [2.05, 4.69) is 5.32 Å². The van der Waals surface area contributed by atoms with Crippen molar-refractivity contribution in [3.8, 4) is 6.07 Å². The molecule has 2 aromatic carbocycles. The van der Waals surface area contributed by atoms with Gasteiger partial charge in [-0.05, 0) is 49.2 Å². The van der Waals surface area contributed by atoms with Crippen LogP contribution < -0.4 is 5.32 Å². The third-order valence-corrected chi connectivity index (χ3v) is 3.43. The minimum atomic E-state index is -0.535. The molecule has 0 atom stereocenters. The molecule has 5 nitrogen and oxygen atoms in total. The second kappa shape index (κ2) is 7.23. The Morgan fingerprint density at radius 3 is 2.65 bits per heavy atom. The largest absolute Gasteiger partial charge is 0.452 e. The van der Waals surface area contributed by atoms with Crippen LogP contribution in [0.3, 0.4) is 0 Å². The SMILES string of the molecule is Cc1cccc(C(=O)OCC(=O)Nc2cccc(C#N)c2)c1C. The molecule has 0 radical (unpaired) electrons. The number of nitrogens with zero attached hydrogens (tertiary/aromatic N) is 1. The van der Waals surface area contributed by atoms with Gasteiger partial charge in [-0.25, -0.2) is 4.79 Å². The molecule has 0 heterocycles. The molecule has 0 unspecified atom stereocenters. The molecule has 2 aromatic rings. The molecule has 2 rings (SSSR count). The number of aryl methyl sites for hydroxylation is 1. The fourth-order valence-electron chi connectivity index (χ4n) is 2.04. The fourth-order valence-corrected chi connectivity index (χ4v) is 2.04. The van der Waals surface area contributed by atoms with Crippen molar-refractivity contribution in [3.05, 3.63) is 64.7 Å². The van der Waals surface area contributed by atoms with Gasteiger partial charge in [-0.1, -0.05) is 18.2 Å². The number of ether oxygens (including phenoxy) is 1. The Labute approximate surface area is 134 Å². The molecule has 0 aliphatic rings. The van der Waals surface area contributed by atoms with E-state index >= 15 is 0 Å². The summed E-state index contributed by atoms with van der Waals surface area (Å²) in [5.41, 5.74) is 3.19. The topological polar surface area (TPSA) is 79.2 Å². The van der Waals surface area contributed by atoms with Crippen LogP contribution in [0, 0.1) is 25.2 Å². The highest BCUT2D eigenvalue weighted by atomic mass is 16.5. The lowest BCUT2D eigenvalue weighted by molar-refractivity contribution is -0.119. The lowest BCUT2D eigenvalue weighted by Crippen LogP contribution is -2.21. The number of hydrogen-bond donors (Lipinski definition) is 1. The molecule has 0 spiro atoms. The Morgan fingerprint density at radius 1 is 1.17 bits per heavy atom. The van der Waals surface area contributed by atoms with Crippen LogP contribution in [-0.4, -0.2) is 18.5 Å². The van der Waals surface area contributed by atoms with Crippen molar-refractivity contribution in [2.45, 2.75) is 13.8 Å². The maximum absolute atomic E-state index is 12.0. The van der Waals surface area contributed by atoms with Gasteiger partial charge in [-0.2, -0.15) is 5.26 Å². The molecule has 0 saturated heterocycles. The Hall–Kier alpha value is -3.13. The second-order valence-corrected chi connectivity index (χ2v) is 5.06. The highest BCUT2D eigenvalue weighted by Crippen LogP contribution is 2.14. The van der Waals surface area contributed by atoms with Crippen LogP contribution >= 0.6 is 0 Å². The Kier molecular flexibility index (Phi) is 5.11. The number of benzene rings is 2. The van der Waals surface area contributed by atoms with E-state index in [1.54, 1.807) is 36.4 Å². The standard InChI is InChI=1S/C18H16N2O3/c1-12-5-3-8-16(13(12)2)18(22)23-11-17(21)20-15-7-4-6-14(9-15)10-19/h3-9H,11H2,1-2H3,(H,20,21). The Morgan fingerprint density at radius 2 is 1.91 bits per heavy atom. The molecule has 116 valence electrons. The highest BCUT2D eigenvalue weighted by Gasteiger charge is 2.13. The van der Waals surface area contributed by atoms with Crippen LogP contribution in [0.1, 0.15) is 27.0 Å². The van der Waals surface area contributed by atoms with E-state index in [9.17, 15) is 9.59 Å². The summed E-state index contributed by atoms with van der Waals surface area (Å²) >= 11 is 0. The molecule has 0 aliphatic carbocycles. The number of carbonyl (C=O) groups is 2. The smallest absolute Gasteiger partial charge is 0.338 e. The molecule has 0 aromatic heterocycles. The van der Waals surface area contributed by atoms with E-state index < -0.39 is 11.9 Å². The van der Waals surface area contributed by atoms with Crippen LogP contribution in [0.15, 0.2) is 42.5 Å². The summed E-state index contributed by atoms with van der Waals surface area (Å²) in [6.45, 7) is 3.35. The van der Waals surface area contributed by atoms with Crippen LogP contribution in [-0.2, 0) is 9.53 Å². The van der Waals surface area contributed by atoms with E-state index in [4.69, 9.17) is 10.00 Å². The van der Waals surface area contributed by atoms with Gasteiger partial charge in [-0.15, -0.1) is 0 Å². The maximum atomic E-state index is 12.0. The normalized spacial score (nSPS) is 9.78. The first-order valence-corrected chi connectivity index (χ1v) is 7.04. The van der Waals surface area contributed by atoms with Crippen molar-refractivity contribution in [1.82, 2.24) is 0 Å². The van der Waals surface area contributed by atoms with E-state index in [-0.39, 0.29) is 6.61 Å². The molecule has 0 aliphatic heterocycles. The summed E-state index contributed by atoms with van der Waals surface area (Å²) in [4.78, 5) is 23.9. The molecular formula is C18H16N2O3. The molecule has 0 saturated carbocycles. The third kappa shape index (κ3) is 4.17. The zero-order chi connectivity index (χ0) is 16.8. The number of esters is 1. The molecule has 1 amide bonds. The van der Waals surface area contributed by atoms with Crippen LogP contribution in [0.2, 0.25) is 0 Å². The van der Waals surface area contributed by atoms with Gasteiger partial charge in [-0.3, -0.25) is 4.79 Å². The minimum Gasteiger partial charge on any atom is -0.452 e. The molecular weight excluding hydrogens is 292 g/mol. The molecule has 1 N–H and O–H groups in total. The van der Waals surface area contributed by atoms with E-state index in [0.29, 0.717) is 16.8 Å². The Bertz CT molecular complexity index is 791.